The van der Waals surface area contributed by atoms with E-state index in [1.165, 1.54) is 18.2 Å². The summed E-state index contributed by atoms with van der Waals surface area (Å²) >= 11 is 11.9. The van der Waals surface area contributed by atoms with Crippen molar-refractivity contribution in [1.82, 2.24) is 4.90 Å². The van der Waals surface area contributed by atoms with E-state index in [4.69, 9.17) is 23.2 Å². The van der Waals surface area contributed by atoms with E-state index in [0.29, 0.717) is 34.4 Å². The average molecular weight is 475 g/mol. The zero-order chi connectivity index (χ0) is 22.8. The number of Topliss-reactive ketones (excluding diaryl/α,β-unsaturated/α-hetero) is 1. The number of amides is 1. The minimum absolute atomic E-state index is 0.00162. The molecule has 0 radical (unpaired) electrons. The molecular weight excluding hydrogens is 458 g/mol. The molecule has 2 aromatic carbocycles. The number of alkyl halides is 3. The van der Waals surface area contributed by atoms with Gasteiger partial charge in [0.05, 0.1) is 5.56 Å². The number of piperazine rings is 1. The minimum atomic E-state index is -5.03. The van der Waals surface area contributed by atoms with Crippen molar-refractivity contribution in [2.75, 3.05) is 36.4 Å². The number of carbonyl (C=O) groups excluding carboxylic acids is 2. The van der Waals surface area contributed by atoms with Crippen LogP contribution in [0.3, 0.4) is 0 Å². The second-order valence-corrected chi connectivity index (χ2v) is 7.80. The fourth-order valence-electron chi connectivity index (χ4n) is 3.28. The Balaban J connectivity index is 1.87. The number of benzene rings is 2. The van der Waals surface area contributed by atoms with Crippen LogP contribution in [0.5, 0.6) is 0 Å². The van der Waals surface area contributed by atoms with Crippen LogP contribution in [0, 0.1) is 0 Å². The largest absolute Gasteiger partial charge is 0.530 e. The second kappa shape index (κ2) is 9.23. The van der Waals surface area contributed by atoms with Gasteiger partial charge in [0.1, 0.15) is 6.09 Å². The van der Waals surface area contributed by atoms with Crippen LogP contribution >= 0.6 is 23.2 Å². The number of nitrogens with zero attached hydrogens (tertiary/aromatic N) is 2. The van der Waals surface area contributed by atoms with E-state index in [9.17, 15) is 27.9 Å². The Morgan fingerprint density at radius 3 is 2.16 bits per heavy atom. The fraction of sp³-hybridized carbons (Fsp3) is 0.300. The Kier molecular flexibility index (Phi) is 6.86. The van der Waals surface area contributed by atoms with Crippen molar-refractivity contribution in [3.8, 4) is 0 Å². The third kappa shape index (κ3) is 5.74. The van der Waals surface area contributed by atoms with Crippen LogP contribution in [0.4, 0.5) is 29.3 Å². The Morgan fingerprint density at radius 2 is 1.61 bits per heavy atom. The Bertz CT molecular complexity index is 973. The zero-order valence-corrected chi connectivity index (χ0v) is 17.5. The molecule has 0 spiro atoms. The smallest absolute Gasteiger partial charge is 0.454 e. The Morgan fingerprint density at radius 1 is 1.00 bits per heavy atom. The van der Waals surface area contributed by atoms with E-state index in [1.54, 1.807) is 12.1 Å². The summed E-state index contributed by atoms with van der Waals surface area (Å²) in [5, 5.41) is 14.6. The third-order valence-corrected chi connectivity index (χ3v) is 5.25. The monoisotopic (exact) mass is 474 g/mol. The molecule has 1 aliphatic rings. The lowest BCUT2D eigenvalue weighted by molar-refractivity contribution is -0.265. The predicted octanol–water partition coefficient (Wildman–Crippen LogP) is 3.82. The summed E-state index contributed by atoms with van der Waals surface area (Å²) in [6.07, 6.45) is -6.30. The molecule has 166 valence electrons. The van der Waals surface area contributed by atoms with Gasteiger partial charge in [-0.1, -0.05) is 23.2 Å². The van der Waals surface area contributed by atoms with Gasteiger partial charge >= 0.3 is 6.18 Å². The molecule has 0 atom stereocenters. The van der Waals surface area contributed by atoms with E-state index < -0.39 is 23.6 Å². The highest BCUT2D eigenvalue weighted by atomic mass is 35.5. The first-order valence-electron chi connectivity index (χ1n) is 9.20. The van der Waals surface area contributed by atoms with Gasteiger partial charge in [-0.05, 0) is 42.0 Å². The molecule has 2 aromatic rings. The van der Waals surface area contributed by atoms with Crippen molar-refractivity contribution in [2.45, 2.75) is 12.7 Å². The van der Waals surface area contributed by atoms with Gasteiger partial charge in [-0.25, -0.2) is 0 Å². The van der Waals surface area contributed by atoms with E-state index in [0.717, 1.165) is 11.0 Å². The first-order valence-corrected chi connectivity index (χ1v) is 9.95. The van der Waals surface area contributed by atoms with Gasteiger partial charge < -0.3 is 25.0 Å². The zero-order valence-electron chi connectivity index (χ0n) is 16.0. The van der Waals surface area contributed by atoms with Gasteiger partial charge in [0.25, 0.3) is 5.78 Å². The molecule has 1 saturated heterocycles. The normalized spacial score (nSPS) is 14.5. The molecule has 31 heavy (non-hydrogen) atoms. The second-order valence-electron chi connectivity index (χ2n) is 6.93. The van der Waals surface area contributed by atoms with Crippen molar-refractivity contribution in [3.05, 3.63) is 57.6 Å². The van der Waals surface area contributed by atoms with Gasteiger partial charge in [0.2, 0.25) is 0 Å². The van der Waals surface area contributed by atoms with E-state index in [1.807, 2.05) is 4.90 Å². The lowest BCUT2D eigenvalue weighted by atomic mass is 10.1. The summed E-state index contributed by atoms with van der Waals surface area (Å²) < 4.78 is 39.2. The van der Waals surface area contributed by atoms with Crippen LogP contribution in [0.15, 0.2) is 36.4 Å². The van der Waals surface area contributed by atoms with E-state index >= 15 is 0 Å². The number of halogens is 5. The van der Waals surface area contributed by atoms with Crippen molar-refractivity contribution < 1.29 is 27.9 Å². The first kappa shape index (κ1) is 23.0. The van der Waals surface area contributed by atoms with Crippen molar-refractivity contribution in [3.63, 3.8) is 0 Å². The van der Waals surface area contributed by atoms with E-state index in [2.05, 4.69) is 5.32 Å². The lowest BCUT2D eigenvalue weighted by Crippen LogP contribution is -2.52. The first-order chi connectivity index (χ1) is 14.5. The summed E-state index contributed by atoms with van der Waals surface area (Å²) in [5.41, 5.74) is 0.662. The van der Waals surface area contributed by atoms with Crippen LogP contribution < -0.4 is 15.3 Å². The Hall–Kier alpha value is -2.65. The van der Waals surface area contributed by atoms with Crippen molar-refractivity contribution in [1.29, 1.82) is 0 Å². The number of ketones is 1. The molecule has 1 amide bonds. The van der Waals surface area contributed by atoms with Gasteiger partial charge in [0.15, 0.2) is 0 Å². The van der Waals surface area contributed by atoms with Crippen LogP contribution in [-0.4, -0.2) is 49.1 Å². The average Bonchev–Trinajstić information content (AvgIpc) is 2.70. The molecule has 0 saturated carbocycles. The van der Waals surface area contributed by atoms with Gasteiger partial charge in [-0.3, -0.25) is 4.79 Å². The minimum Gasteiger partial charge on any atom is -0.530 e. The number of carbonyl (C=O) groups is 2. The van der Waals surface area contributed by atoms with Gasteiger partial charge in [0, 0.05) is 54.1 Å². The van der Waals surface area contributed by atoms with Gasteiger partial charge in [-0.15, -0.1) is 0 Å². The molecule has 1 fully saturated rings. The van der Waals surface area contributed by atoms with Crippen LogP contribution in [0.1, 0.15) is 15.9 Å². The van der Waals surface area contributed by atoms with Crippen LogP contribution in [0.25, 0.3) is 0 Å². The van der Waals surface area contributed by atoms with Crippen molar-refractivity contribution >= 4 is 46.5 Å². The lowest BCUT2D eigenvalue weighted by Gasteiger charge is -2.37. The number of nitrogens with one attached hydrogen (secondary N) is 1. The summed E-state index contributed by atoms with van der Waals surface area (Å²) in [5.74, 6) is -1.97. The highest BCUT2D eigenvalue weighted by Crippen LogP contribution is 2.31. The quantitative estimate of drug-likeness (QED) is 0.666. The maximum atomic E-state index is 13.1. The third-order valence-electron chi connectivity index (χ3n) is 4.81. The molecule has 11 heteroatoms. The molecule has 0 bridgehead atoms. The Labute approximate surface area is 186 Å². The number of hydrogen-bond donors (Lipinski definition) is 1. The molecule has 0 aliphatic carbocycles. The maximum absolute atomic E-state index is 13.1. The predicted molar refractivity (Wildman–Crippen MR) is 110 cm³/mol. The van der Waals surface area contributed by atoms with Gasteiger partial charge in [-0.2, -0.15) is 13.2 Å². The number of hydrogen-bond acceptors (Lipinski definition) is 5. The number of rotatable bonds is 5. The fourth-order valence-corrected chi connectivity index (χ4v) is 3.85. The molecule has 6 nitrogen and oxygen atoms in total. The standard InChI is InChI=1S/C20H18Cl2F3N3O3/c21-13-7-12(8-14(22)9-13)11-26-17-10-15(1-2-16(17)18(29)20(23,24)25)27-3-5-28(6-4-27)19(30)31/h1-2,7-10,26H,3-6,11H2,(H,30,31)/p-1. The topological polar surface area (TPSA) is 75.7 Å². The van der Waals surface area contributed by atoms with Crippen LogP contribution in [0.2, 0.25) is 10.0 Å². The molecule has 0 unspecified atom stereocenters. The highest BCUT2D eigenvalue weighted by molar-refractivity contribution is 6.34. The summed E-state index contributed by atoms with van der Waals surface area (Å²) in [7, 11) is 0. The summed E-state index contributed by atoms with van der Waals surface area (Å²) in [6, 6.07) is 8.71. The molecule has 3 rings (SSSR count). The van der Waals surface area contributed by atoms with Crippen LogP contribution in [-0.2, 0) is 6.54 Å². The maximum Gasteiger partial charge on any atom is 0.454 e. The molecule has 1 aliphatic heterocycles. The SMILES string of the molecule is O=C([O-])N1CCN(c2ccc(C(=O)C(F)(F)F)c(NCc3cc(Cl)cc(Cl)c3)c2)CC1. The number of carboxylic acid groups (broad SMARTS) is 1. The molecule has 1 heterocycles. The molecular formula is C20H17Cl2F3N3O3-. The van der Waals surface area contributed by atoms with Crippen molar-refractivity contribution in [2.24, 2.45) is 0 Å². The highest BCUT2D eigenvalue weighted by Gasteiger charge is 2.40. The summed E-state index contributed by atoms with van der Waals surface area (Å²) in [6.45, 7) is 1.17. The molecule has 1 N–H and O–H groups in total. The molecule has 0 aromatic heterocycles. The summed E-state index contributed by atoms with van der Waals surface area (Å²) in [4.78, 5) is 25.8. The number of anilines is 2. The van der Waals surface area contributed by atoms with E-state index in [-0.39, 0.29) is 25.3 Å².